The van der Waals surface area contributed by atoms with Crippen molar-refractivity contribution in [2.75, 3.05) is 35.9 Å². The van der Waals surface area contributed by atoms with E-state index >= 15 is 0 Å². The van der Waals surface area contributed by atoms with Gasteiger partial charge in [-0.1, -0.05) is 34.8 Å². The Morgan fingerprint density at radius 1 is 0.971 bits per heavy atom. The van der Waals surface area contributed by atoms with Crippen LogP contribution in [-0.2, 0) is 19.9 Å². The molecule has 1 heterocycles. The van der Waals surface area contributed by atoms with E-state index in [9.17, 15) is 16.8 Å². The monoisotopic (exact) mass is 580 g/mol. The molecule has 0 bridgehead atoms. The third-order valence-electron chi connectivity index (χ3n) is 6.26. The molecule has 35 heavy (non-hydrogen) atoms. The van der Waals surface area contributed by atoms with Gasteiger partial charge in [-0.25, -0.2) is 16.8 Å². The number of likely N-dealkylation sites (tertiary alicyclic amines) is 1. The van der Waals surface area contributed by atoms with Crippen molar-refractivity contribution < 1.29 is 16.8 Å². The Hall–Kier alpha value is -1.03. The minimum atomic E-state index is -3.93. The van der Waals surface area contributed by atoms with Crippen molar-refractivity contribution in [2.24, 2.45) is 5.92 Å². The highest BCUT2D eigenvalue weighted by Gasteiger charge is 2.31. The SMILES string of the molecule is C[C@H](CCCN1CCC(CS(C)(=O)=O)CC1)N(c1cc(Cl)ccc1Cl)S(=O)(=O)c1ccc(Cl)cc1. The molecule has 0 saturated carbocycles. The Balaban J connectivity index is 1.72. The van der Waals surface area contributed by atoms with E-state index in [-0.39, 0.29) is 22.6 Å². The summed E-state index contributed by atoms with van der Waals surface area (Å²) in [6, 6.07) is 10.5. The number of nitrogens with zero attached hydrogens (tertiary/aromatic N) is 2. The minimum Gasteiger partial charge on any atom is -0.303 e. The van der Waals surface area contributed by atoms with Crippen LogP contribution in [-0.4, -0.2) is 59.4 Å². The Morgan fingerprint density at radius 2 is 1.57 bits per heavy atom. The van der Waals surface area contributed by atoms with E-state index in [2.05, 4.69) is 4.90 Å². The molecule has 1 fully saturated rings. The molecule has 2 aromatic carbocycles. The second-order valence-corrected chi connectivity index (χ2v) is 14.5. The summed E-state index contributed by atoms with van der Waals surface area (Å²) in [5.74, 6) is 0.459. The Morgan fingerprint density at radius 3 is 2.17 bits per heavy atom. The summed E-state index contributed by atoms with van der Waals surface area (Å²) >= 11 is 18.6. The maximum atomic E-state index is 13.7. The van der Waals surface area contributed by atoms with E-state index in [4.69, 9.17) is 34.8 Å². The van der Waals surface area contributed by atoms with E-state index < -0.39 is 19.9 Å². The number of anilines is 1. The number of halogens is 3. The molecule has 11 heteroatoms. The van der Waals surface area contributed by atoms with E-state index in [1.54, 1.807) is 30.3 Å². The molecule has 1 saturated heterocycles. The van der Waals surface area contributed by atoms with Gasteiger partial charge in [0, 0.05) is 22.3 Å². The molecule has 1 aliphatic heterocycles. The smallest absolute Gasteiger partial charge is 0.264 e. The zero-order valence-corrected chi connectivity index (χ0v) is 23.7. The van der Waals surface area contributed by atoms with Gasteiger partial charge in [0.05, 0.1) is 21.4 Å². The highest BCUT2D eigenvalue weighted by molar-refractivity contribution is 7.93. The van der Waals surface area contributed by atoms with Crippen LogP contribution < -0.4 is 4.31 Å². The molecule has 1 aliphatic rings. The lowest BCUT2D eigenvalue weighted by Crippen LogP contribution is -2.40. The number of hydrogen-bond donors (Lipinski definition) is 0. The number of rotatable bonds is 10. The molecule has 1 atom stereocenters. The molecule has 0 spiro atoms. The number of piperidine rings is 1. The van der Waals surface area contributed by atoms with Crippen molar-refractivity contribution in [2.45, 2.75) is 43.5 Å². The largest absolute Gasteiger partial charge is 0.303 e. The first-order valence-corrected chi connectivity index (χ1v) is 16.2. The van der Waals surface area contributed by atoms with Crippen LogP contribution >= 0.6 is 34.8 Å². The van der Waals surface area contributed by atoms with Crippen molar-refractivity contribution in [3.63, 3.8) is 0 Å². The summed E-state index contributed by atoms with van der Waals surface area (Å²) < 4.78 is 51.8. The van der Waals surface area contributed by atoms with Crippen LogP contribution in [0.3, 0.4) is 0 Å². The van der Waals surface area contributed by atoms with Gasteiger partial charge in [-0.3, -0.25) is 4.31 Å². The first-order chi connectivity index (χ1) is 16.4. The summed E-state index contributed by atoms with van der Waals surface area (Å²) in [5, 5.41) is 1.14. The molecule has 0 radical (unpaired) electrons. The van der Waals surface area contributed by atoms with Gasteiger partial charge < -0.3 is 4.90 Å². The predicted octanol–water partition coefficient (Wildman–Crippen LogP) is 5.77. The van der Waals surface area contributed by atoms with Gasteiger partial charge in [0.2, 0.25) is 0 Å². The molecule has 2 aromatic rings. The van der Waals surface area contributed by atoms with Gasteiger partial charge >= 0.3 is 0 Å². The standard InChI is InChI=1S/C24H31Cl3N2O4S2/c1-18(4-3-13-28-14-11-19(12-15-28)17-34(2,30)31)29(24-16-21(26)7-10-23(24)27)35(32,33)22-8-5-20(25)6-9-22/h5-10,16,18-19H,3-4,11-15,17H2,1-2H3/t18-/m1/s1. The van der Waals surface area contributed by atoms with E-state index in [0.717, 1.165) is 38.9 Å². The normalized spacial score (nSPS) is 16.8. The fourth-order valence-electron chi connectivity index (χ4n) is 4.51. The van der Waals surface area contributed by atoms with Gasteiger partial charge in [-0.05, 0) is 101 Å². The molecule has 0 aromatic heterocycles. The Kier molecular flexibility index (Phi) is 9.79. The molecular formula is C24H31Cl3N2O4S2. The van der Waals surface area contributed by atoms with E-state index in [1.165, 1.54) is 22.7 Å². The maximum Gasteiger partial charge on any atom is 0.264 e. The first-order valence-electron chi connectivity index (χ1n) is 11.5. The van der Waals surface area contributed by atoms with Gasteiger partial charge in [0.1, 0.15) is 9.84 Å². The van der Waals surface area contributed by atoms with Crippen LogP contribution in [0.5, 0.6) is 0 Å². The lowest BCUT2D eigenvalue weighted by atomic mass is 9.98. The molecule has 6 nitrogen and oxygen atoms in total. The average molecular weight is 582 g/mol. The van der Waals surface area contributed by atoms with Gasteiger partial charge in [0.25, 0.3) is 10.0 Å². The van der Waals surface area contributed by atoms with Crippen molar-refractivity contribution in [3.8, 4) is 0 Å². The molecule has 0 amide bonds. The highest BCUT2D eigenvalue weighted by Crippen LogP contribution is 2.35. The number of hydrogen-bond acceptors (Lipinski definition) is 5. The minimum absolute atomic E-state index is 0.123. The van der Waals surface area contributed by atoms with Crippen molar-refractivity contribution >= 4 is 60.4 Å². The predicted molar refractivity (Wildman–Crippen MR) is 145 cm³/mol. The second kappa shape index (κ2) is 12.0. The summed E-state index contributed by atoms with van der Waals surface area (Å²) in [7, 11) is -6.89. The molecule has 0 N–H and O–H groups in total. The Labute approximate surface area is 224 Å². The van der Waals surface area contributed by atoms with Gasteiger partial charge in [-0.2, -0.15) is 0 Å². The number of sulfone groups is 1. The second-order valence-electron chi connectivity index (χ2n) is 9.22. The van der Waals surface area contributed by atoms with Crippen LogP contribution in [0.15, 0.2) is 47.4 Å². The zero-order chi connectivity index (χ0) is 25.8. The van der Waals surface area contributed by atoms with Crippen molar-refractivity contribution in [1.82, 2.24) is 4.90 Å². The highest BCUT2D eigenvalue weighted by atomic mass is 35.5. The molecule has 0 unspecified atom stereocenters. The fraction of sp³-hybridized carbons (Fsp3) is 0.500. The lowest BCUT2D eigenvalue weighted by Gasteiger charge is -2.34. The third-order valence-corrected chi connectivity index (χ3v) is 10.1. The fourth-order valence-corrected chi connectivity index (χ4v) is 7.95. The summed E-state index contributed by atoms with van der Waals surface area (Å²) in [5.41, 5.74) is 0.336. The van der Waals surface area contributed by atoms with Gasteiger partial charge in [0.15, 0.2) is 0 Å². The number of benzene rings is 2. The zero-order valence-electron chi connectivity index (χ0n) is 19.8. The molecule has 194 valence electrons. The van der Waals surface area contributed by atoms with Gasteiger partial charge in [-0.15, -0.1) is 0 Å². The first kappa shape index (κ1) is 28.5. The maximum absolute atomic E-state index is 13.7. The number of sulfonamides is 1. The van der Waals surface area contributed by atoms with Crippen LogP contribution in [0.4, 0.5) is 5.69 Å². The summed E-state index contributed by atoms with van der Waals surface area (Å²) in [6.07, 6.45) is 4.40. The van der Waals surface area contributed by atoms with E-state index in [1.807, 2.05) is 6.92 Å². The molecular weight excluding hydrogens is 551 g/mol. The van der Waals surface area contributed by atoms with Crippen LogP contribution in [0.2, 0.25) is 15.1 Å². The quantitative estimate of drug-likeness (QED) is 0.356. The van der Waals surface area contributed by atoms with Crippen LogP contribution in [0.25, 0.3) is 0 Å². The summed E-state index contributed by atoms with van der Waals surface area (Å²) in [6.45, 7) is 4.38. The lowest BCUT2D eigenvalue weighted by molar-refractivity contribution is 0.189. The molecule has 3 rings (SSSR count). The van der Waals surface area contributed by atoms with Crippen LogP contribution in [0.1, 0.15) is 32.6 Å². The van der Waals surface area contributed by atoms with Crippen molar-refractivity contribution in [3.05, 3.63) is 57.5 Å². The average Bonchev–Trinajstić information content (AvgIpc) is 2.76. The molecule has 0 aliphatic carbocycles. The van der Waals surface area contributed by atoms with Crippen molar-refractivity contribution in [1.29, 1.82) is 0 Å². The Bertz CT molecular complexity index is 1210. The third kappa shape index (κ3) is 7.98. The topological polar surface area (TPSA) is 74.8 Å². The van der Waals surface area contributed by atoms with Crippen LogP contribution in [0, 0.1) is 5.92 Å². The van der Waals surface area contributed by atoms with E-state index in [0.29, 0.717) is 27.2 Å². The summed E-state index contributed by atoms with van der Waals surface area (Å²) in [4.78, 5) is 2.44.